The average Bonchev–Trinajstić information content (AvgIpc) is 2.53. The van der Waals surface area contributed by atoms with Gasteiger partial charge in [-0.15, -0.1) is 0 Å². The molecule has 1 aromatic carbocycles. The number of hydrogen-bond acceptors (Lipinski definition) is 2. The Hall–Kier alpha value is -2.16. The molecule has 0 aliphatic rings. The molecule has 0 unspecified atom stereocenters. The van der Waals surface area contributed by atoms with Crippen LogP contribution >= 0.6 is 0 Å². The van der Waals surface area contributed by atoms with E-state index >= 15 is 0 Å². The van der Waals surface area contributed by atoms with Crippen molar-refractivity contribution in [3.8, 4) is 0 Å². The van der Waals surface area contributed by atoms with Gasteiger partial charge in [-0.1, -0.05) is 39.0 Å². The molecule has 0 fully saturated rings. The minimum Gasteiger partial charge on any atom is -0.346 e. The van der Waals surface area contributed by atoms with Crippen LogP contribution in [0.4, 0.5) is 0 Å². The van der Waals surface area contributed by atoms with Crippen molar-refractivity contribution in [1.29, 1.82) is 0 Å². The molecule has 0 spiro atoms. The summed E-state index contributed by atoms with van der Waals surface area (Å²) in [6, 6.07) is 13.5. The molecule has 3 nitrogen and oxygen atoms in total. The second-order valence-corrected chi connectivity index (χ2v) is 5.82. The highest BCUT2D eigenvalue weighted by Crippen LogP contribution is 2.26. The van der Waals surface area contributed by atoms with Gasteiger partial charge in [0.1, 0.15) is 0 Å². The van der Waals surface area contributed by atoms with E-state index in [0.29, 0.717) is 12.1 Å². The third kappa shape index (κ3) is 3.91. The number of carbonyl (C=O) groups is 1. The quantitative estimate of drug-likeness (QED) is 0.908. The van der Waals surface area contributed by atoms with E-state index in [9.17, 15) is 4.79 Å². The summed E-state index contributed by atoms with van der Waals surface area (Å²) in [6.07, 6.45) is 2.79. The fourth-order valence-corrected chi connectivity index (χ4v) is 2.05. The molecule has 2 rings (SSSR count). The molecular formula is C18H22N2O. The molecular weight excluding hydrogens is 260 g/mol. The molecule has 2 aromatic rings. The van der Waals surface area contributed by atoms with Crippen LogP contribution in [-0.4, -0.2) is 10.9 Å². The van der Waals surface area contributed by atoms with E-state index in [-0.39, 0.29) is 11.3 Å². The highest BCUT2D eigenvalue weighted by Gasteiger charge is 2.18. The van der Waals surface area contributed by atoms with Gasteiger partial charge in [-0.25, -0.2) is 0 Å². The normalized spacial score (nSPS) is 11.2. The van der Waals surface area contributed by atoms with Crippen molar-refractivity contribution in [2.75, 3.05) is 0 Å². The van der Waals surface area contributed by atoms with Crippen LogP contribution in [0.3, 0.4) is 0 Å². The van der Waals surface area contributed by atoms with Crippen LogP contribution in [0.2, 0.25) is 0 Å². The molecule has 0 radical (unpaired) electrons. The molecule has 3 heteroatoms. The van der Waals surface area contributed by atoms with Crippen LogP contribution in [0.5, 0.6) is 0 Å². The number of nitrogens with zero attached hydrogens (tertiary/aromatic N) is 1. The predicted molar refractivity (Wildman–Crippen MR) is 85.2 cm³/mol. The molecule has 1 amide bonds. The lowest BCUT2D eigenvalue weighted by molar-refractivity contribution is 0.0950. The van der Waals surface area contributed by atoms with Crippen molar-refractivity contribution in [1.82, 2.24) is 10.3 Å². The Kier molecular flexibility index (Phi) is 4.73. The van der Waals surface area contributed by atoms with Crippen LogP contribution in [0.15, 0.2) is 48.7 Å². The van der Waals surface area contributed by atoms with E-state index in [1.165, 1.54) is 5.56 Å². The Labute approximate surface area is 126 Å². The maximum atomic E-state index is 12.1. The molecule has 0 saturated heterocycles. The van der Waals surface area contributed by atoms with E-state index in [4.69, 9.17) is 0 Å². The minimum atomic E-state index is -0.0680. The second kappa shape index (κ2) is 6.53. The van der Waals surface area contributed by atoms with Gasteiger partial charge in [-0.3, -0.25) is 9.78 Å². The predicted octanol–water partition coefficient (Wildman–Crippen LogP) is 3.70. The monoisotopic (exact) mass is 282 g/mol. The molecule has 1 heterocycles. The maximum Gasteiger partial charge on any atom is 0.251 e. The minimum absolute atomic E-state index is 0.0680. The third-order valence-corrected chi connectivity index (χ3v) is 3.97. The van der Waals surface area contributed by atoms with E-state index in [2.05, 4.69) is 31.1 Å². The molecule has 0 aliphatic carbocycles. The molecule has 0 bridgehead atoms. The Balaban J connectivity index is 2.00. The van der Waals surface area contributed by atoms with Gasteiger partial charge in [0.15, 0.2) is 0 Å². The average molecular weight is 282 g/mol. The number of carbonyl (C=O) groups excluding carboxylic acids is 1. The topological polar surface area (TPSA) is 42.0 Å². The van der Waals surface area contributed by atoms with Gasteiger partial charge >= 0.3 is 0 Å². The number of pyridine rings is 1. The molecule has 110 valence electrons. The number of benzene rings is 1. The van der Waals surface area contributed by atoms with Crippen molar-refractivity contribution in [3.63, 3.8) is 0 Å². The first-order valence-corrected chi connectivity index (χ1v) is 7.31. The van der Waals surface area contributed by atoms with Gasteiger partial charge < -0.3 is 5.32 Å². The van der Waals surface area contributed by atoms with Crippen molar-refractivity contribution >= 4 is 5.91 Å². The number of nitrogens with one attached hydrogen (secondary N) is 1. The molecule has 21 heavy (non-hydrogen) atoms. The van der Waals surface area contributed by atoms with Crippen LogP contribution in [0.1, 0.15) is 48.8 Å². The molecule has 1 N–H and O–H groups in total. The standard InChI is InChI=1S/C18H22N2O/c1-4-18(2,3)15-10-8-14(9-11-15)17(21)20-13-16-7-5-6-12-19-16/h5-12H,4,13H2,1-3H3,(H,20,21). The van der Waals surface area contributed by atoms with Crippen LogP contribution in [0.25, 0.3) is 0 Å². The summed E-state index contributed by atoms with van der Waals surface area (Å²) in [6.45, 7) is 7.04. The van der Waals surface area contributed by atoms with E-state index in [1.54, 1.807) is 6.20 Å². The third-order valence-electron chi connectivity index (χ3n) is 3.97. The fourth-order valence-electron chi connectivity index (χ4n) is 2.05. The lowest BCUT2D eigenvalue weighted by Crippen LogP contribution is -2.23. The Bertz CT molecular complexity index is 588. The van der Waals surface area contributed by atoms with Crippen molar-refractivity contribution < 1.29 is 4.79 Å². The second-order valence-electron chi connectivity index (χ2n) is 5.82. The molecule has 1 aromatic heterocycles. The van der Waals surface area contributed by atoms with Gasteiger partial charge in [-0.05, 0) is 41.7 Å². The Morgan fingerprint density at radius 2 is 1.86 bits per heavy atom. The SMILES string of the molecule is CCC(C)(C)c1ccc(C(=O)NCc2ccccn2)cc1. The summed E-state index contributed by atoms with van der Waals surface area (Å²) < 4.78 is 0. The molecule has 0 atom stereocenters. The van der Waals surface area contributed by atoms with Crippen molar-refractivity contribution in [2.24, 2.45) is 0 Å². The summed E-state index contributed by atoms with van der Waals surface area (Å²) in [5.41, 5.74) is 2.94. The largest absolute Gasteiger partial charge is 0.346 e. The van der Waals surface area contributed by atoms with Crippen molar-refractivity contribution in [2.45, 2.75) is 39.2 Å². The van der Waals surface area contributed by atoms with Gasteiger partial charge in [0.2, 0.25) is 0 Å². The number of hydrogen-bond donors (Lipinski definition) is 1. The maximum absolute atomic E-state index is 12.1. The van der Waals surface area contributed by atoms with Crippen LogP contribution in [0, 0.1) is 0 Å². The highest BCUT2D eigenvalue weighted by molar-refractivity contribution is 5.94. The zero-order valence-corrected chi connectivity index (χ0v) is 12.9. The van der Waals surface area contributed by atoms with E-state index in [1.807, 2.05) is 42.5 Å². The summed E-state index contributed by atoms with van der Waals surface area (Å²) in [5.74, 6) is -0.0680. The zero-order valence-electron chi connectivity index (χ0n) is 12.9. The zero-order chi connectivity index (χ0) is 15.3. The number of rotatable bonds is 5. The number of aromatic nitrogens is 1. The van der Waals surface area contributed by atoms with Crippen LogP contribution in [-0.2, 0) is 12.0 Å². The molecule has 0 saturated carbocycles. The first kappa shape index (κ1) is 15.2. The lowest BCUT2D eigenvalue weighted by atomic mass is 9.82. The Morgan fingerprint density at radius 3 is 2.43 bits per heavy atom. The lowest BCUT2D eigenvalue weighted by Gasteiger charge is -2.23. The smallest absolute Gasteiger partial charge is 0.251 e. The van der Waals surface area contributed by atoms with Gasteiger partial charge in [0.25, 0.3) is 5.91 Å². The van der Waals surface area contributed by atoms with Gasteiger partial charge in [0.05, 0.1) is 12.2 Å². The van der Waals surface area contributed by atoms with E-state index < -0.39 is 0 Å². The molecule has 0 aliphatic heterocycles. The first-order valence-electron chi connectivity index (χ1n) is 7.31. The first-order chi connectivity index (χ1) is 10.0. The van der Waals surface area contributed by atoms with E-state index in [0.717, 1.165) is 12.1 Å². The number of amides is 1. The van der Waals surface area contributed by atoms with Gasteiger partial charge in [-0.2, -0.15) is 0 Å². The fraction of sp³-hybridized carbons (Fsp3) is 0.333. The summed E-state index contributed by atoms with van der Waals surface area (Å²) in [4.78, 5) is 16.3. The van der Waals surface area contributed by atoms with Crippen LogP contribution < -0.4 is 5.32 Å². The van der Waals surface area contributed by atoms with Gasteiger partial charge in [0, 0.05) is 11.8 Å². The summed E-state index contributed by atoms with van der Waals surface area (Å²) in [5, 5.41) is 2.89. The summed E-state index contributed by atoms with van der Waals surface area (Å²) >= 11 is 0. The van der Waals surface area contributed by atoms with Crippen molar-refractivity contribution in [3.05, 3.63) is 65.5 Å². The summed E-state index contributed by atoms with van der Waals surface area (Å²) in [7, 11) is 0. The Morgan fingerprint density at radius 1 is 1.14 bits per heavy atom. The highest BCUT2D eigenvalue weighted by atomic mass is 16.1.